The lowest BCUT2D eigenvalue weighted by Gasteiger charge is -2.26. The number of ether oxygens (including phenoxy) is 1. The molecular formula is C14H22N2O. The highest BCUT2D eigenvalue weighted by Crippen LogP contribution is 2.33. The number of hydrogen-bond donors (Lipinski definition) is 1. The van der Waals surface area contributed by atoms with Crippen LogP contribution in [-0.4, -0.2) is 27.7 Å². The largest absolute Gasteiger partial charge is 0.496 e. The molecule has 0 amide bonds. The van der Waals surface area contributed by atoms with Gasteiger partial charge in [0.15, 0.2) is 0 Å². The lowest BCUT2D eigenvalue weighted by atomic mass is 9.96. The third-order valence-electron chi connectivity index (χ3n) is 3.42. The molecule has 1 atom stereocenters. The topological polar surface area (TPSA) is 24.5 Å². The van der Waals surface area contributed by atoms with Gasteiger partial charge in [0.2, 0.25) is 0 Å². The molecule has 1 unspecified atom stereocenters. The smallest absolute Gasteiger partial charge is 0.123 e. The second-order valence-electron chi connectivity index (χ2n) is 4.82. The van der Waals surface area contributed by atoms with Crippen molar-refractivity contribution >= 4 is 5.69 Å². The van der Waals surface area contributed by atoms with Crippen LogP contribution >= 0.6 is 0 Å². The minimum atomic E-state index is 0.443. The van der Waals surface area contributed by atoms with E-state index >= 15 is 0 Å². The molecule has 0 aromatic heterocycles. The summed E-state index contributed by atoms with van der Waals surface area (Å²) in [5.74, 6) is 0.995. The first-order chi connectivity index (χ1) is 8.22. The molecule has 1 aromatic carbocycles. The van der Waals surface area contributed by atoms with Crippen LogP contribution in [0.1, 0.15) is 30.9 Å². The summed E-state index contributed by atoms with van der Waals surface area (Å²) in [5, 5.41) is 3.58. The first-order valence-corrected chi connectivity index (χ1v) is 6.31. The van der Waals surface area contributed by atoms with Gasteiger partial charge in [-0.2, -0.15) is 0 Å². The number of methoxy groups -OCH3 is 1. The van der Waals surface area contributed by atoms with Crippen LogP contribution in [0.2, 0.25) is 0 Å². The molecule has 1 heterocycles. The van der Waals surface area contributed by atoms with Crippen molar-refractivity contribution < 1.29 is 4.74 Å². The van der Waals surface area contributed by atoms with Crippen molar-refractivity contribution in [2.24, 2.45) is 0 Å². The Balaban J connectivity index is 2.30. The molecule has 1 fully saturated rings. The summed E-state index contributed by atoms with van der Waals surface area (Å²) in [7, 11) is 5.89. The summed E-state index contributed by atoms with van der Waals surface area (Å²) >= 11 is 0. The Morgan fingerprint density at radius 3 is 2.71 bits per heavy atom. The fourth-order valence-corrected chi connectivity index (χ4v) is 2.39. The maximum atomic E-state index is 5.47. The van der Waals surface area contributed by atoms with E-state index < -0.39 is 0 Å². The Hall–Kier alpha value is -1.22. The predicted molar refractivity (Wildman–Crippen MR) is 71.9 cm³/mol. The van der Waals surface area contributed by atoms with Gasteiger partial charge in [0.1, 0.15) is 5.75 Å². The van der Waals surface area contributed by atoms with Gasteiger partial charge in [0, 0.05) is 31.4 Å². The van der Waals surface area contributed by atoms with Gasteiger partial charge < -0.3 is 15.0 Å². The highest BCUT2D eigenvalue weighted by atomic mass is 16.5. The van der Waals surface area contributed by atoms with E-state index in [0.717, 1.165) is 12.3 Å². The first-order valence-electron chi connectivity index (χ1n) is 6.31. The molecule has 0 aliphatic carbocycles. The van der Waals surface area contributed by atoms with Crippen LogP contribution in [0, 0.1) is 0 Å². The maximum Gasteiger partial charge on any atom is 0.123 e. The molecular weight excluding hydrogens is 212 g/mol. The quantitative estimate of drug-likeness (QED) is 0.870. The number of anilines is 1. The lowest BCUT2D eigenvalue weighted by molar-refractivity contribution is 0.373. The standard InChI is InChI=1S/C14H22N2O/c1-16(2)11-7-8-14(17-3)12(10-11)13-6-4-5-9-15-13/h7-8,10,13,15H,4-6,9H2,1-3H3. The normalized spacial score (nSPS) is 20.1. The maximum absolute atomic E-state index is 5.47. The van der Waals surface area contributed by atoms with Crippen LogP contribution in [0.15, 0.2) is 18.2 Å². The Bertz CT molecular complexity index is 370. The van der Waals surface area contributed by atoms with Crippen molar-refractivity contribution in [2.75, 3.05) is 32.6 Å². The van der Waals surface area contributed by atoms with Crippen LogP contribution < -0.4 is 15.0 Å². The minimum Gasteiger partial charge on any atom is -0.496 e. The van der Waals surface area contributed by atoms with E-state index in [2.05, 4.69) is 42.5 Å². The zero-order valence-electron chi connectivity index (χ0n) is 11.0. The Morgan fingerprint density at radius 1 is 1.29 bits per heavy atom. The van der Waals surface area contributed by atoms with Gasteiger partial charge in [0.25, 0.3) is 0 Å². The molecule has 0 saturated carbocycles. The first kappa shape index (κ1) is 12.2. The number of benzene rings is 1. The van der Waals surface area contributed by atoms with E-state index in [0.29, 0.717) is 6.04 Å². The monoisotopic (exact) mass is 234 g/mol. The lowest BCUT2D eigenvalue weighted by Crippen LogP contribution is -2.27. The number of piperidine rings is 1. The zero-order valence-corrected chi connectivity index (χ0v) is 11.0. The van der Waals surface area contributed by atoms with Crippen molar-refractivity contribution in [1.82, 2.24) is 5.32 Å². The number of nitrogens with one attached hydrogen (secondary N) is 1. The summed E-state index contributed by atoms with van der Waals surface area (Å²) in [6.07, 6.45) is 3.78. The van der Waals surface area contributed by atoms with E-state index in [-0.39, 0.29) is 0 Å². The molecule has 3 nitrogen and oxygen atoms in total. The van der Waals surface area contributed by atoms with Gasteiger partial charge in [0.05, 0.1) is 7.11 Å². The summed E-state index contributed by atoms with van der Waals surface area (Å²) in [5.41, 5.74) is 2.52. The van der Waals surface area contributed by atoms with E-state index in [1.807, 2.05) is 0 Å². The molecule has 94 valence electrons. The molecule has 1 aliphatic rings. The van der Waals surface area contributed by atoms with Gasteiger partial charge in [-0.15, -0.1) is 0 Å². The number of rotatable bonds is 3. The van der Waals surface area contributed by atoms with E-state index in [1.54, 1.807) is 7.11 Å². The van der Waals surface area contributed by atoms with E-state index in [9.17, 15) is 0 Å². The summed E-state index contributed by atoms with van der Waals surface area (Å²) < 4.78 is 5.47. The molecule has 3 heteroatoms. The Morgan fingerprint density at radius 2 is 2.12 bits per heavy atom. The Labute approximate surface area is 104 Å². The van der Waals surface area contributed by atoms with Crippen LogP contribution in [0.3, 0.4) is 0 Å². The minimum absolute atomic E-state index is 0.443. The number of hydrogen-bond acceptors (Lipinski definition) is 3. The van der Waals surface area contributed by atoms with Crippen molar-refractivity contribution in [3.05, 3.63) is 23.8 Å². The number of nitrogens with zero attached hydrogens (tertiary/aromatic N) is 1. The molecule has 0 radical (unpaired) electrons. The van der Waals surface area contributed by atoms with Gasteiger partial charge in [-0.3, -0.25) is 0 Å². The fraction of sp³-hybridized carbons (Fsp3) is 0.571. The average molecular weight is 234 g/mol. The average Bonchev–Trinajstić information content (AvgIpc) is 2.39. The SMILES string of the molecule is COc1ccc(N(C)C)cc1C1CCCCN1. The van der Waals surface area contributed by atoms with Crippen molar-refractivity contribution in [2.45, 2.75) is 25.3 Å². The van der Waals surface area contributed by atoms with Crippen molar-refractivity contribution in [1.29, 1.82) is 0 Å². The van der Waals surface area contributed by atoms with Crippen LogP contribution in [0.25, 0.3) is 0 Å². The van der Waals surface area contributed by atoms with Gasteiger partial charge >= 0.3 is 0 Å². The summed E-state index contributed by atoms with van der Waals surface area (Å²) in [6, 6.07) is 6.85. The highest BCUT2D eigenvalue weighted by Gasteiger charge is 2.19. The highest BCUT2D eigenvalue weighted by molar-refractivity contribution is 5.53. The van der Waals surface area contributed by atoms with Crippen molar-refractivity contribution in [3.63, 3.8) is 0 Å². The molecule has 1 saturated heterocycles. The molecule has 0 bridgehead atoms. The zero-order chi connectivity index (χ0) is 12.3. The predicted octanol–water partition coefficient (Wildman–Crippen LogP) is 2.58. The van der Waals surface area contributed by atoms with Crippen molar-refractivity contribution in [3.8, 4) is 5.75 Å². The molecule has 2 rings (SSSR count). The van der Waals surface area contributed by atoms with Crippen LogP contribution in [-0.2, 0) is 0 Å². The van der Waals surface area contributed by atoms with E-state index in [4.69, 9.17) is 4.74 Å². The van der Waals surface area contributed by atoms with Gasteiger partial charge in [-0.05, 0) is 37.6 Å². The Kier molecular flexibility index (Phi) is 3.89. The molecule has 17 heavy (non-hydrogen) atoms. The van der Waals surface area contributed by atoms with Gasteiger partial charge in [-0.1, -0.05) is 6.42 Å². The molecule has 1 aromatic rings. The van der Waals surface area contributed by atoms with Gasteiger partial charge in [-0.25, -0.2) is 0 Å². The van der Waals surface area contributed by atoms with Crippen LogP contribution in [0.5, 0.6) is 5.75 Å². The molecule has 1 aliphatic heterocycles. The summed E-state index contributed by atoms with van der Waals surface area (Å²) in [6.45, 7) is 1.11. The third-order valence-corrected chi connectivity index (χ3v) is 3.42. The molecule has 0 spiro atoms. The second-order valence-corrected chi connectivity index (χ2v) is 4.82. The summed E-state index contributed by atoms with van der Waals surface area (Å²) in [4.78, 5) is 2.13. The second kappa shape index (κ2) is 5.41. The molecule has 1 N–H and O–H groups in total. The van der Waals surface area contributed by atoms with E-state index in [1.165, 1.54) is 30.5 Å². The third kappa shape index (κ3) is 2.72. The van der Waals surface area contributed by atoms with Crippen LogP contribution in [0.4, 0.5) is 5.69 Å². The fourth-order valence-electron chi connectivity index (χ4n) is 2.39.